The summed E-state index contributed by atoms with van der Waals surface area (Å²) in [5.74, 6) is -0.0416. The van der Waals surface area contributed by atoms with Crippen LogP contribution in [0.15, 0.2) is 0 Å². The predicted octanol–water partition coefficient (Wildman–Crippen LogP) is 3.83. The fraction of sp³-hybridized carbons (Fsp3) is 0.556. The summed E-state index contributed by atoms with van der Waals surface area (Å²) < 4.78 is 13.0. The average molecular weight is 237 g/mol. The van der Waals surface area contributed by atoms with Crippen LogP contribution in [0.3, 0.4) is 0 Å². The molecule has 0 bridgehead atoms. The van der Waals surface area contributed by atoms with Crippen LogP contribution in [0.1, 0.15) is 38.4 Å². The molecule has 0 saturated carbocycles. The first-order chi connectivity index (χ1) is 6.60. The Labute approximate surface area is 92.5 Å². The van der Waals surface area contributed by atoms with Crippen LogP contribution in [0.2, 0.25) is 10.3 Å². The van der Waals surface area contributed by atoms with Crippen molar-refractivity contribution < 1.29 is 4.39 Å². The van der Waals surface area contributed by atoms with Crippen LogP contribution in [0.5, 0.6) is 0 Å². The van der Waals surface area contributed by atoms with Gasteiger partial charge in [0.2, 0.25) is 0 Å². The van der Waals surface area contributed by atoms with Gasteiger partial charge in [-0.1, -0.05) is 37.0 Å². The Morgan fingerprint density at radius 1 is 1.14 bits per heavy atom. The summed E-state index contributed by atoms with van der Waals surface area (Å²) in [5, 5.41) is -0.404. The van der Waals surface area contributed by atoms with Gasteiger partial charge in [-0.2, -0.15) is 0 Å². The van der Waals surface area contributed by atoms with Gasteiger partial charge in [0.1, 0.15) is 5.82 Å². The van der Waals surface area contributed by atoms with E-state index in [1.54, 1.807) is 0 Å². The molecule has 14 heavy (non-hydrogen) atoms. The van der Waals surface area contributed by atoms with Crippen LogP contribution in [0, 0.1) is 5.82 Å². The van der Waals surface area contributed by atoms with Crippen molar-refractivity contribution >= 4 is 23.2 Å². The standard InChI is InChI=1S/C9H11Cl2FN2/c1-3-5(4-2)9-13-7(10)6(12)8(11)14-9/h5H,3-4H2,1-2H3. The average Bonchev–Trinajstić information content (AvgIpc) is 2.16. The lowest BCUT2D eigenvalue weighted by molar-refractivity contribution is 0.573. The van der Waals surface area contributed by atoms with Gasteiger partial charge in [-0.25, -0.2) is 14.4 Å². The lowest BCUT2D eigenvalue weighted by Crippen LogP contribution is -2.04. The lowest BCUT2D eigenvalue weighted by Gasteiger charge is -2.11. The van der Waals surface area contributed by atoms with E-state index < -0.39 is 5.82 Å². The topological polar surface area (TPSA) is 25.8 Å². The Balaban J connectivity index is 3.11. The van der Waals surface area contributed by atoms with Crippen molar-refractivity contribution in [2.45, 2.75) is 32.6 Å². The summed E-state index contributed by atoms with van der Waals surface area (Å²) in [6.45, 7) is 4.03. The number of hydrogen-bond donors (Lipinski definition) is 0. The van der Waals surface area contributed by atoms with E-state index in [4.69, 9.17) is 23.2 Å². The Morgan fingerprint density at radius 2 is 1.57 bits per heavy atom. The van der Waals surface area contributed by atoms with Gasteiger partial charge in [0, 0.05) is 5.92 Å². The molecular formula is C9H11Cl2FN2. The molecule has 0 aliphatic carbocycles. The van der Waals surface area contributed by atoms with E-state index in [1.165, 1.54) is 0 Å². The van der Waals surface area contributed by atoms with Crippen molar-refractivity contribution in [3.63, 3.8) is 0 Å². The van der Waals surface area contributed by atoms with Crippen LogP contribution in [0.4, 0.5) is 4.39 Å². The van der Waals surface area contributed by atoms with Crippen LogP contribution < -0.4 is 0 Å². The van der Waals surface area contributed by atoms with E-state index in [-0.39, 0.29) is 16.2 Å². The molecule has 78 valence electrons. The van der Waals surface area contributed by atoms with Gasteiger partial charge < -0.3 is 0 Å². The van der Waals surface area contributed by atoms with E-state index in [1.807, 2.05) is 13.8 Å². The minimum absolute atomic E-state index is 0.186. The minimum Gasteiger partial charge on any atom is -0.218 e. The van der Waals surface area contributed by atoms with E-state index in [0.717, 1.165) is 12.8 Å². The molecule has 0 saturated heterocycles. The van der Waals surface area contributed by atoms with Gasteiger partial charge in [0.05, 0.1) is 0 Å². The van der Waals surface area contributed by atoms with E-state index in [9.17, 15) is 4.39 Å². The lowest BCUT2D eigenvalue weighted by atomic mass is 10.0. The van der Waals surface area contributed by atoms with Crippen molar-refractivity contribution in [2.75, 3.05) is 0 Å². The Morgan fingerprint density at radius 3 is 1.93 bits per heavy atom. The number of rotatable bonds is 3. The molecule has 0 radical (unpaired) electrons. The van der Waals surface area contributed by atoms with Gasteiger partial charge >= 0.3 is 0 Å². The van der Waals surface area contributed by atoms with E-state index in [2.05, 4.69) is 9.97 Å². The fourth-order valence-electron chi connectivity index (χ4n) is 1.25. The highest BCUT2D eigenvalue weighted by Crippen LogP contribution is 2.25. The first-order valence-electron chi connectivity index (χ1n) is 4.48. The predicted molar refractivity (Wildman–Crippen MR) is 55.3 cm³/mol. The summed E-state index contributed by atoms with van der Waals surface area (Å²) in [5.41, 5.74) is 0. The largest absolute Gasteiger partial charge is 0.218 e. The van der Waals surface area contributed by atoms with Gasteiger partial charge in [0.15, 0.2) is 16.1 Å². The van der Waals surface area contributed by atoms with Crippen molar-refractivity contribution in [3.8, 4) is 0 Å². The third kappa shape index (κ3) is 2.34. The zero-order chi connectivity index (χ0) is 10.7. The highest BCUT2D eigenvalue weighted by Gasteiger charge is 2.16. The Hall–Kier alpha value is -0.410. The van der Waals surface area contributed by atoms with Crippen molar-refractivity contribution in [3.05, 3.63) is 21.9 Å². The van der Waals surface area contributed by atoms with Crippen LogP contribution >= 0.6 is 23.2 Å². The molecule has 0 aliphatic heterocycles. The maximum absolute atomic E-state index is 13.0. The number of aromatic nitrogens is 2. The second-order valence-corrected chi connectivity index (χ2v) is 3.71. The zero-order valence-electron chi connectivity index (χ0n) is 8.02. The third-order valence-electron chi connectivity index (χ3n) is 2.14. The smallest absolute Gasteiger partial charge is 0.197 e. The van der Waals surface area contributed by atoms with Crippen molar-refractivity contribution in [1.29, 1.82) is 0 Å². The van der Waals surface area contributed by atoms with Gasteiger partial charge in [-0.05, 0) is 12.8 Å². The molecule has 0 atom stereocenters. The number of hydrogen-bond acceptors (Lipinski definition) is 2. The zero-order valence-corrected chi connectivity index (χ0v) is 9.53. The number of nitrogens with zero attached hydrogens (tertiary/aromatic N) is 2. The van der Waals surface area contributed by atoms with Crippen molar-refractivity contribution in [1.82, 2.24) is 9.97 Å². The number of halogens is 3. The maximum Gasteiger partial charge on any atom is 0.197 e. The summed E-state index contributed by atoms with van der Waals surface area (Å²) in [6.07, 6.45) is 1.77. The Bertz CT molecular complexity index is 304. The molecule has 0 spiro atoms. The summed E-state index contributed by atoms with van der Waals surface area (Å²) in [7, 11) is 0. The van der Waals surface area contributed by atoms with Crippen molar-refractivity contribution in [2.24, 2.45) is 0 Å². The molecule has 2 nitrogen and oxygen atoms in total. The van der Waals surface area contributed by atoms with Crippen LogP contribution in [-0.2, 0) is 0 Å². The molecule has 1 aromatic heterocycles. The minimum atomic E-state index is -0.747. The molecule has 5 heteroatoms. The molecule has 1 heterocycles. The quantitative estimate of drug-likeness (QED) is 0.746. The molecule has 0 N–H and O–H groups in total. The third-order valence-corrected chi connectivity index (χ3v) is 2.64. The SMILES string of the molecule is CCC(CC)c1nc(Cl)c(F)c(Cl)n1. The summed E-state index contributed by atoms with van der Waals surface area (Å²) in [4.78, 5) is 7.74. The maximum atomic E-state index is 13.0. The molecule has 0 aliphatic rings. The molecule has 1 rings (SSSR count). The molecule has 1 aromatic rings. The first-order valence-corrected chi connectivity index (χ1v) is 5.24. The summed E-state index contributed by atoms with van der Waals surface area (Å²) in [6, 6.07) is 0. The van der Waals surface area contributed by atoms with Crippen LogP contribution in [0.25, 0.3) is 0 Å². The molecule has 0 aromatic carbocycles. The molecule has 0 amide bonds. The highest BCUT2D eigenvalue weighted by molar-refractivity contribution is 6.33. The Kier molecular flexibility index (Phi) is 4.08. The normalized spacial score (nSPS) is 11.0. The van der Waals surface area contributed by atoms with Crippen LogP contribution in [-0.4, -0.2) is 9.97 Å². The molecule has 0 unspecified atom stereocenters. The molecule has 0 fully saturated rings. The summed E-state index contributed by atoms with van der Waals surface area (Å²) >= 11 is 11.1. The first kappa shape index (κ1) is 11.7. The van der Waals surface area contributed by atoms with E-state index >= 15 is 0 Å². The van der Waals surface area contributed by atoms with Gasteiger partial charge in [-0.15, -0.1) is 0 Å². The van der Waals surface area contributed by atoms with Gasteiger partial charge in [-0.3, -0.25) is 0 Å². The highest BCUT2D eigenvalue weighted by atomic mass is 35.5. The second kappa shape index (κ2) is 4.89. The fourth-order valence-corrected chi connectivity index (χ4v) is 1.65. The molecular weight excluding hydrogens is 226 g/mol. The monoisotopic (exact) mass is 236 g/mol. The van der Waals surface area contributed by atoms with Gasteiger partial charge in [0.25, 0.3) is 0 Å². The van der Waals surface area contributed by atoms with E-state index in [0.29, 0.717) is 5.82 Å². The second-order valence-electron chi connectivity index (χ2n) is 2.99.